The molecular weight excluding hydrogens is 268 g/mol. The monoisotopic (exact) mass is 296 g/mol. The number of hydrogen-bond acceptors (Lipinski definition) is 2. The minimum absolute atomic E-state index is 0.136. The van der Waals surface area contributed by atoms with Crippen LogP contribution in [0.15, 0.2) is 24.3 Å². The minimum Gasteiger partial charge on any atom is -0.326 e. The lowest BCUT2D eigenvalue weighted by Gasteiger charge is -2.44. The number of nitrogens with two attached hydrogens (primary N) is 1. The van der Waals surface area contributed by atoms with Gasteiger partial charge in [0.15, 0.2) is 0 Å². The third-order valence-corrected chi connectivity index (χ3v) is 4.38. The van der Waals surface area contributed by atoms with Gasteiger partial charge in [-0.15, -0.1) is 0 Å². The van der Waals surface area contributed by atoms with Gasteiger partial charge in [0.1, 0.15) is 0 Å². The van der Waals surface area contributed by atoms with Gasteiger partial charge in [-0.1, -0.05) is 51.4 Å². The van der Waals surface area contributed by atoms with Crippen LogP contribution in [0.5, 0.6) is 0 Å². The van der Waals surface area contributed by atoms with Crippen LogP contribution < -0.4 is 5.73 Å². The van der Waals surface area contributed by atoms with Crippen molar-refractivity contribution in [1.29, 1.82) is 0 Å². The molecule has 1 aromatic carbocycles. The number of benzene rings is 1. The maximum Gasteiger partial charge on any atom is 0.0409 e. The molecule has 0 aliphatic carbocycles. The molecule has 1 aromatic rings. The van der Waals surface area contributed by atoms with Crippen LogP contribution in [0, 0.1) is 5.41 Å². The van der Waals surface area contributed by atoms with Crippen molar-refractivity contribution in [1.82, 2.24) is 4.90 Å². The first-order valence-electron chi connectivity index (χ1n) is 7.41. The standard InChI is InChI=1S/C17H29ClN2/c1-7-15(19)16(17(3,4)5)20(6)12(2)13-9-8-10-14(18)11-13/h8-12,15-16H,7,19H2,1-6H3. The second-order valence-corrected chi connectivity index (χ2v) is 7.22. The minimum atomic E-state index is 0.136. The molecule has 2 N–H and O–H groups in total. The normalized spacial score (nSPS) is 17.1. The maximum absolute atomic E-state index is 6.38. The lowest BCUT2D eigenvalue weighted by molar-refractivity contribution is 0.0688. The summed E-state index contributed by atoms with van der Waals surface area (Å²) in [5.41, 5.74) is 7.75. The first-order chi connectivity index (χ1) is 9.18. The largest absolute Gasteiger partial charge is 0.326 e. The first-order valence-corrected chi connectivity index (χ1v) is 7.79. The molecule has 0 spiro atoms. The molecule has 114 valence electrons. The number of hydrogen-bond donors (Lipinski definition) is 1. The van der Waals surface area contributed by atoms with Gasteiger partial charge < -0.3 is 5.73 Å². The van der Waals surface area contributed by atoms with Gasteiger partial charge in [-0.3, -0.25) is 4.90 Å². The molecular formula is C17H29ClN2. The fraction of sp³-hybridized carbons (Fsp3) is 0.647. The molecule has 3 unspecified atom stereocenters. The number of nitrogens with zero attached hydrogens (tertiary/aromatic N) is 1. The van der Waals surface area contributed by atoms with E-state index in [0.29, 0.717) is 6.04 Å². The average molecular weight is 297 g/mol. The Labute approximate surface area is 129 Å². The molecule has 0 heterocycles. The number of halogens is 1. The van der Waals surface area contributed by atoms with Crippen LogP contribution in [0.2, 0.25) is 5.02 Å². The van der Waals surface area contributed by atoms with Crippen molar-refractivity contribution in [2.24, 2.45) is 11.1 Å². The van der Waals surface area contributed by atoms with E-state index in [9.17, 15) is 0 Å². The van der Waals surface area contributed by atoms with Gasteiger partial charge in [0, 0.05) is 23.1 Å². The quantitative estimate of drug-likeness (QED) is 0.868. The van der Waals surface area contributed by atoms with Gasteiger partial charge in [0.05, 0.1) is 0 Å². The lowest BCUT2D eigenvalue weighted by Crippen LogP contribution is -2.53. The third-order valence-electron chi connectivity index (χ3n) is 4.15. The van der Waals surface area contributed by atoms with Crippen LogP contribution in [0.3, 0.4) is 0 Å². The van der Waals surface area contributed by atoms with E-state index in [1.807, 2.05) is 18.2 Å². The molecule has 0 saturated carbocycles. The van der Waals surface area contributed by atoms with E-state index in [4.69, 9.17) is 17.3 Å². The predicted octanol–water partition coefficient (Wildman–Crippen LogP) is 4.48. The van der Waals surface area contributed by atoms with E-state index >= 15 is 0 Å². The summed E-state index contributed by atoms with van der Waals surface area (Å²) in [4.78, 5) is 2.39. The van der Waals surface area contributed by atoms with Crippen molar-refractivity contribution < 1.29 is 0 Å². The molecule has 0 fully saturated rings. The van der Waals surface area contributed by atoms with Gasteiger partial charge in [0.25, 0.3) is 0 Å². The zero-order valence-electron chi connectivity index (χ0n) is 13.7. The molecule has 1 rings (SSSR count). The Morgan fingerprint density at radius 1 is 1.30 bits per heavy atom. The SMILES string of the molecule is CCC(N)C(N(C)C(C)c1cccc(Cl)c1)C(C)(C)C. The van der Waals surface area contributed by atoms with Crippen LogP contribution >= 0.6 is 11.6 Å². The Balaban J connectivity index is 3.03. The topological polar surface area (TPSA) is 29.3 Å². The molecule has 0 aliphatic heterocycles. The second kappa shape index (κ2) is 6.93. The molecule has 0 aliphatic rings. The van der Waals surface area contributed by atoms with E-state index in [1.54, 1.807) is 0 Å². The van der Waals surface area contributed by atoms with E-state index in [0.717, 1.165) is 11.4 Å². The zero-order valence-corrected chi connectivity index (χ0v) is 14.4. The summed E-state index contributed by atoms with van der Waals surface area (Å²) in [6.07, 6.45) is 0.981. The molecule has 20 heavy (non-hydrogen) atoms. The highest BCUT2D eigenvalue weighted by atomic mass is 35.5. The van der Waals surface area contributed by atoms with Crippen LogP contribution in [0.1, 0.15) is 52.6 Å². The van der Waals surface area contributed by atoms with Crippen LogP contribution in [0.25, 0.3) is 0 Å². The number of likely N-dealkylation sites (N-methyl/N-ethyl adjacent to an activating group) is 1. The summed E-state index contributed by atoms with van der Waals surface area (Å²) < 4.78 is 0. The highest BCUT2D eigenvalue weighted by Gasteiger charge is 2.34. The third kappa shape index (κ3) is 4.21. The molecule has 3 heteroatoms. The Bertz CT molecular complexity index is 425. The highest BCUT2D eigenvalue weighted by Crippen LogP contribution is 2.32. The summed E-state index contributed by atoms with van der Waals surface area (Å²) >= 11 is 6.11. The molecule has 0 amide bonds. The first kappa shape index (κ1) is 17.5. The fourth-order valence-corrected chi connectivity index (χ4v) is 3.22. The van der Waals surface area contributed by atoms with Gasteiger partial charge in [-0.25, -0.2) is 0 Å². The van der Waals surface area contributed by atoms with Crippen LogP contribution in [-0.4, -0.2) is 24.0 Å². The van der Waals surface area contributed by atoms with Gasteiger partial charge in [0.2, 0.25) is 0 Å². The van der Waals surface area contributed by atoms with Crippen molar-refractivity contribution in [3.8, 4) is 0 Å². The fourth-order valence-electron chi connectivity index (χ4n) is 3.02. The number of rotatable bonds is 5. The molecule has 3 atom stereocenters. The van der Waals surface area contributed by atoms with E-state index in [-0.39, 0.29) is 17.5 Å². The second-order valence-electron chi connectivity index (χ2n) is 6.78. The summed E-state index contributed by atoms with van der Waals surface area (Å²) in [6.45, 7) is 11.1. The summed E-state index contributed by atoms with van der Waals surface area (Å²) in [7, 11) is 2.16. The highest BCUT2D eigenvalue weighted by molar-refractivity contribution is 6.30. The van der Waals surface area contributed by atoms with Crippen molar-refractivity contribution in [2.75, 3.05) is 7.05 Å². The summed E-state index contributed by atoms with van der Waals surface area (Å²) in [6, 6.07) is 8.87. The van der Waals surface area contributed by atoms with E-state index in [2.05, 4.69) is 52.6 Å². The molecule has 2 nitrogen and oxygen atoms in total. The molecule has 0 aromatic heterocycles. The summed E-state index contributed by atoms with van der Waals surface area (Å²) in [5, 5.41) is 0.787. The van der Waals surface area contributed by atoms with E-state index in [1.165, 1.54) is 5.56 Å². The summed E-state index contributed by atoms with van der Waals surface area (Å²) in [5.74, 6) is 0. The Morgan fingerprint density at radius 3 is 2.35 bits per heavy atom. The average Bonchev–Trinajstić information content (AvgIpc) is 2.36. The van der Waals surface area contributed by atoms with Gasteiger partial charge >= 0.3 is 0 Å². The Morgan fingerprint density at radius 2 is 1.90 bits per heavy atom. The predicted molar refractivity (Wildman–Crippen MR) is 89.1 cm³/mol. The molecule has 0 saturated heterocycles. The smallest absolute Gasteiger partial charge is 0.0409 e. The van der Waals surface area contributed by atoms with Crippen molar-refractivity contribution in [2.45, 2.75) is 59.2 Å². The molecule has 0 bridgehead atoms. The maximum atomic E-state index is 6.38. The Kier molecular flexibility index (Phi) is 6.06. The Hall–Kier alpha value is -0.570. The van der Waals surface area contributed by atoms with E-state index < -0.39 is 0 Å². The van der Waals surface area contributed by atoms with Gasteiger partial charge in [-0.05, 0) is 43.5 Å². The van der Waals surface area contributed by atoms with Gasteiger partial charge in [-0.2, -0.15) is 0 Å². The molecule has 0 radical (unpaired) electrons. The van der Waals surface area contributed by atoms with Crippen LogP contribution in [-0.2, 0) is 0 Å². The van der Waals surface area contributed by atoms with Crippen molar-refractivity contribution in [3.05, 3.63) is 34.9 Å². The zero-order chi connectivity index (χ0) is 15.5. The van der Waals surface area contributed by atoms with Crippen molar-refractivity contribution >= 4 is 11.6 Å². The van der Waals surface area contributed by atoms with Crippen molar-refractivity contribution in [3.63, 3.8) is 0 Å². The van der Waals surface area contributed by atoms with Crippen LogP contribution in [0.4, 0.5) is 0 Å². The lowest BCUT2D eigenvalue weighted by atomic mass is 9.80.